The quantitative estimate of drug-likeness (QED) is 0.636. The zero-order valence-corrected chi connectivity index (χ0v) is 13.5. The van der Waals surface area contributed by atoms with Crippen molar-refractivity contribution in [3.8, 4) is 11.5 Å². The van der Waals surface area contributed by atoms with E-state index in [-0.39, 0.29) is 0 Å². The fraction of sp³-hybridized carbons (Fsp3) is 0.412. The zero-order chi connectivity index (χ0) is 15.8. The summed E-state index contributed by atoms with van der Waals surface area (Å²) in [5.41, 5.74) is 3.15. The van der Waals surface area contributed by atoms with E-state index in [9.17, 15) is 0 Å². The van der Waals surface area contributed by atoms with Gasteiger partial charge in [-0.15, -0.1) is 0 Å². The Hall–Kier alpha value is -2.30. The highest BCUT2D eigenvalue weighted by Gasteiger charge is 2.06. The number of guanidine groups is 1. The Morgan fingerprint density at radius 1 is 1.14 bits per heavy atom. The first kappa shape index (κ1) is 16.1. The number of hydrogen-bond donors (Lipinski definition) is 2. The molecule has 0 aliphatic heterocycles. The molecule has 0 bridgehead atoms. The molecule has 5 nitrogen and oxygen atoms in total. The molecule has 0 spiro atoms. The maximum absolute atomic E-state index is 5.55. The fourth-order valence-corrected chi connectivity index (χ4v) is 2.04. The number of oxazole rings is 1. The van der Waals surface area contributed by atoms with E-state index in [4.69, 9.17) is 4.42 Å². The Kier molecular flexibility index (Phi) is 6.01. The van der Waals surface area contributed by atoms with Gasteiger partial charge in [-0.3, -0.25) is 4.99 Å². The van der Waals surface area contributed by atoms with Crippen LogP contribution in [0.25, 0.3) is 11.5 Å². The zero-order valence-electron chi connectivity index (χ0n) is 13.5. The van der Waals surface area contributed by atoms with Crippen molar-refractivity contribution in [2.24, 2.45) is 4.99 Å². The average molecular weight is 300 g/mol. The lowest BCUT2D eigenvalue weighted by Gasteiger charge is -2.08. The van der Waals surface area contributed by atoms with Crippen LogP contribution in [-0.4, -0.2) is 30.6 Å². The van der Waals surface area contributed by atoms with E-state index in [0.29, 0.717) is 12.4 Å². The molecular formula is C17H24N4O. The maximum atomic E-state index is 5.55. The minimum atomic E-state index is 0.664. The number of hydrogen-bond acceptors (Lipinski definition) is 3. The molecule has 118 valence electrons. The highest BCUT2D eigenvalue weighted by atomic mass is 16.3. The van der Waals surface area contributed by atoms with E-state index >= 15 is 0 Å². The molecule has 1 aromatic heterocycles. The summed E-state index contributed by atoms with van der Waals surface area (Å²) in [6.45, 7) is 8.56. The van der Waals surface area contributed by atoms with E-state index < -0.39 is 0 Å². The Labute approximate surface area is 131 Å². The van der Waals surface area contributed by atoms with Crippen molar-refractivity contribution in [3.05, 3.63) is 41.8 Å². The monoisotopic (exact) mass is 300 g/mol. The van der Waals surface area contributed by atoms with E-state index in [1.807, 2.05) is 12.1 Å². The van der Waals surface area contributed by atoms with Gasteiger partial charge in [-0.05, 0) is 32.9 Å². The highest BCUT2D eigenvalue weighted by Crippen LogP contribution is 2.19. The summed E-state index contributed by atoms with van der Waals surface area (Å²) in [4.78, 5) is 9.03. The molecule has 0 saturated carbocycles. The van der Waals surface area contributed by atoms with Crippen LogP contribution in [0.5, 0.6) is 0 Å². The van der Waals surface area contributed by atoms with E-state index in [2.05, 4.69) is 53.5 Å². The average Bonchev–Trinajstić information content (AvgIpc) is 2.97. The molecular weight excluding hydrogens is 276 g/mol. The topological polar surface area (TPSA) is 62.5 Å². The number of aryl methyl sites for hydroxylation is 1. The van der Waals surface area contributed by atoms with Gasteiger partial charge in [0.1, 0.15) is 6.26 Å². The Balaban J connectivity index is 1.94. The van der Waals surface area contributed by atoms with Gasteiger partial charge in [0.05, 0.1) is 5.69 Å². The second-order valence-corrected chi connectivity index (χ2v) is 5.05. The highest BCUT2D eigenvalue weighted by molar-refractivity contribution is 5.79. The maximum Gasteiger partial charge on any atom is 0.226 e. The first-order chi connectivity index (χ1) is 10.7. The number of nitrogens with zero attached hydrogens (tertiary/aromatic N) is 2. The van der Waals surface area contributed by atoms with Crippen molar-refractivity contribution < 1.29 is 4.42 Å². The predicted molar refractivity (Wildman–Crippen MR) is 90.0 cm³/mol. The molecule has 0 saturated heterocycles. The summed E-state index contributed by atoms with van der Waals surface area (Å²) >= 11 is 0. The predicted octanol–water partition coefficient (Wildman–Crippen LogP) is 2.77. The standard InChI is InChI=1S/C17H24N4O/c1-4-18-17(19-5-2)20-11-10-15-12-22-16(21-15)14-8-6-13(3)7-9-14/h6-9,12H,4-5,10-11H2,1-3H3,(H2,18,19,20). The second-order valence-electron chi connectivity index (χ2n) is 5.05. The molecule has 22 heavy (non-hydrogen) atoms. The number of benzene rings is 1. The van der Waals surface area contributed by atoms with Crippen LogP contribution in [0.1, 0.15) is 25.1 Å². The third kappa shape index (κ3) is 4.62. The van der Waals surface area contributed by atoms with Crippen molar-refractivity contribution >= 4 is 5.96 Å². The van der Waals surface area contributed by atoms with E-state index in [1.54, 1.807) is 6.26 Å². The van der Waals surface area contributed by atoms with Crippen LogP contribution in [-0.2, 0) is 6.42 Å². The van der Waals surface area contributed by atoms with Crippen LogP contribution in [0.2, 0.25) is 0 Å². The Morgan fingerprint density at radius 2 is 1.82 bits per heavy atom. The molecule has 0 amide bonds. The third-order valence-corrected chi connectivity index (χ3v) is 3.18. The summed E-state index contributed by atoms with van der Waals surface area (Å²) < 4.78 is 5.55. The SMILES string of the molecule is CCNC(=NCCc1coc(-c2ccc(C)cc2)n1)NCC. The molecule has 0 atom stereocenters. The minimum absolute atomic E-state index is 0.664. The Bertz CT molecular complexity index is 593. The molecule has 0 aliphatic rings. The number of nitrogens with one attached hydrogen (secondary N) is 2. The van der Waals surface area contributed by atoms with Gasteiger partial charge in [0, 0.05) is 31.6 Å². The smallest absolute Gasteiger partial charge is 0.226 e. The summed E-state index contributed by atoms with van der Waals surface area (Å²) in [6.07, 6.45) is 2.47. The van der Waals surface area contributed by atoms with Gasteiger partial charge >= 0.3 is 0 Å². The van der Waals surface area contributed by atoms with Crippen molar-refractivity contribution in [1.82, 2.24) is 15.6 Å². The Morgan fingerprint density at radius 3 is 2.45 bits per heavy atom. The molecule has 0 aliphatic carbocycles. The molecule has 0 radical (unpaired) electrons. The first-order valence-corrected chi connectivity index (χ1v) is 7.76. The largest absolute Gasteiger partial charge is 0.444 e. The fourth-order valence-electron chi connectivity index (χ4n) is 2.04. The van der Waals surface area contributed by atoms with Gasteiger partial charge in [-0.25, -0.2) is 4.98 Å². The summed E-state index contributed by atoms with van der Waals surface area (Å²) in [6, 6.07) is 8.17. The third-order valence-electron chi connectivity index (χ3n) is 3.18. The first-order valence-electron chi connectivity index (χ1n) is 7.76. The van der Waals surface area contributed by atoms with Gasteiger partial charge in [0.15, 0.2) is 5.96 Å². The van der Waals surface area contributed by atoms with Gasteiger partial charge < -0.3 is 15.1 Å². The molecule has 2 aromatic rings. The van der Waals surface area contributed by atoms with Crippen molar-refractivity contribution in [1.29, 1.82) is 0 Å². The normalized spacial score (nSPS) is 10.3. The summed E-state index contributed by atoms with van der Waals surface area (Å²) in [5.74, 6) is 1.50. The van der Waals surface area contributed by atoms with E-state index in [0.717, 1.165) is 36.7 Å². The molecule has 5 heteroatoms. The second kappa shape index (κ2) is 8.22. The van der Waals surface area contributed by atoms with Crippen molar-refractivity contribution in [2.75, 3.05) is 19.6 Å². The number of rotatable bonds is 6. The van der Waals surface area contributed by atoms with Gasteiger partial charge in [-0.2, -0.15) is 0 Å². The van der Waals surface area contributed by atoms with Crippen LogP contribution in [0.4, 0.5) is 0 Å². The van der Waals surface area contributed by atoms with E-state index in [1.165, 1.54) is 5.56 Å². The van der Waals surface area contributed by atoms with Crippen LogP contribution < -0.4 is 10.6 Å². The van der Waals surface area contributed by atoms with Gasteiger partial charge in [-0.1, -0.05) is 17.7 Å². The minimum Gasteiger partial charge on any atom is -0.444 e. The number of aromatic nitrogens is 1. The molecule has 1 aromatic carbocycles. The van der Waals surface area contributed by atoms with Gasteiger partial charge in [0.2, 0.25) is 5.89 Å². The molecule has 0 fully saturated rings. The molecule has 2 N–H and O–H groups in total. The lowest BCUT2D eigenvalue weighted by atomic mass is 10.1. The van der Waals surface area contributed by atoms with Crippen LogP contribution in [0.3, 0.4) is 0 Å². The van der Waals surface area contributed by atoms with Gasteiger partial charge in [0.25, 0.3) is 0 Å². The van der Waals surface area contributed by atoms with Crippen molar-refractivity contribution in [2.45, 2.75) is 27.2 Å². The lowest BCUT2D eigenvalue weighted by molar-refractivity contribution is 0.572. The molecule has 1 heterocycles. The van der Waals surface area contributed by atoms with Crippen LogP contribution in [0, 0.1) is 6.92 Å². The summed E-state index contributed by atoms with van der Waals surface area (Å²) in [7, 11) is 0. The molecule has 0 unspecified atom stereocenters. The molecule has 2 rings (SSSR count). The van der Waals surface area contributed by atoms with Crippen LogP contribution in [0.15, 0.2) is 39.9 Å². The van der Waals surface area contributed by atoms with Crippen molar-refractivity contribution in [3.63, 3.8) is 0 Å². The van der Waals surface area contributed by atoms with Crippen LogP contribution >= 0.6 is 0 Å². The lowest BCUT2D eigenvalue weighted by Crippen LogP contribution is -2.37. The summed E-state index contributed by atoms with van der Waals surface area (Å²) in [5, 5.41) is 6.40. The number of aliphatic imine (C=N–C) groups is 1.